The minimum absolute atomic E-state index is 0.624. The van der Waals surface area contributed by atoms with E-state index in [1.807, 2.05) is 18.2 Å². The number of hydrogen-bond donors (Lipinski definition) is 0. The number of hydrogen-bond acceptors (Lipinski definition) is 0. The van der Waals surface area contributed by atoms with E-state index >= 15 is 0 Å². The van der Waals surface area contributed by atoms with E-state index in [4.69, 9.17) is 2.74 Å². The molecule has 10 heavy (non-hydrogen) atoms. The van der Waals surface area contributed by atoms with Gasteiger partial charge in [0.2, 0.25) is 0 Å². The quantitative estimate of drug-likeness (QED) is 0.602. The summed E-state index contributed by atoms with van der Waals surface area (Å²) in [6.07, 6.45) is 0.386. The van der Waals surface area contributed by atoms with Gasteiger partial charge in [-0.3, -0.25) is 0 Å². The van der Waals surface area contributed by atoms with Crippen LogP contribution in [0.1, 0.15) is 20.3 Å². The summed E-state index contributed by atoms with van der Waals surface area (Å²) in [7, 11) is 0. The molecule has 1 aromatic rings. The summed E-state index contributed by atoms with van der Waals surface area (Å²) in [5.74, 6) is 0. The Morgan fingerprint density at radius 2 is 2.30 bits per heavy atom. The largest absolute Gasteiger partial charge is 0.0576 e. The summed E-state index contributed by atoms with van der Waals surface area (Å²) >= 11 is 3.38. The van der Waals surface area contributed by atoms with Crippen molar-refractivity contribution >= 4 is 15.9 Å². The third kappa shape index (κ3) is 0.988. The van der Waals surface area contributed by atoms with Gasteiger partial charge < -0.3 is 0 Å². The van der Waals surface area contributed by atoms with Crippen molar-refractivity contribution in [2.75, 3.05) is 0 Å². The molecule has 1 heteroatoms. The number of halogens is 1. The van der Waals surface area contributed by atoms with Crippen LogP contribution in [0.4, 0.5) is 0 Å². The second kappa shape index (κ2) is 2.39. The fourth-order valence-electron chi connectivity index (χ4n) is 1.27. The zero-order valence-electron chi connectivity index (χ0n) is 7.52. The molecule has 0 fully saturated rings. The van der Waals surface area contributed by atoms with Crippen molar-refractivity contribution in [3.05, 3.63) is 33.8 Å². The molecule has 0 heterocycles. The molecule has 0 radical (unpaired) electrons. The van der Waals surface area contributed by atoms with E-state index in [-0.39, 0.29) is 0 Å². The van der Waals surface area contributed by atoms with Gasteiger partial charge in [0.25, 0.3) is 0 Å². The van der Waals surface area contributed by atoms with Crippen LogP contribution in [0.3, 0.4) is 0 Å². The molecule has 0 aromatic heterocycles. The summed E-state index contributed by atoms with van der Waals surface area (Å²) in [6.45, 7) is 0. The lowest BCUT2D eigenvalue weighted by atomic mass is 10.1. The van der Waals surface area contributed by atoms with E-state index < -0.39 is 6.37 Å². The number of fused-ring (bicyclic) bond motifs is 1. The predicted octanol–water partition coefficient (Wildman–Crippen LogP) is 2.94. The lowest BCUT2D eigenvalue weighted by molar-refractivity contribution is 0.911. The monoisotopic (exact) mass is 198 g/mol. The maximum atomic E-state index is 7.69. The van der Waals surface area contributed by atoms with Crippen LogP contribution in [0.2, 0.25) is 0 Å². The van der Waals surface area contributed by atoms with E-state index in [1.165, 1.54) is 0 Å². The summed E-state index contributed by atoms with van der Waals surface area (Å²) in [5.41, 5.74) is 2.01. The first-order valence-electron chi connectivity index (χ1n) is 4.38. The van der Waals surface area contributed by atoms with Crippen LogP contribution in [-0.2, 0) is 12.8 Å². The lowest BCUT2D eigenvalue weighted by Gasteiger charge is -1.97. The summed E-state index contributed by atoms with van der Waals surface area (Å²) in [6, 6.07) is 5.80. The Morgan fingerprint density at radius 3 is 3.20 bits per heavy atom. The first-order valence-corrected chi connectivity index (χ1v) is 4.18. The molecule has 2 rings (SSSR count). The van der Waals surface area contributed by atoms with Gasteiger partial charge in [-0.05, 0) is 42.5 Å². The van der Waals surface area contributed by atoms with Crippen molar-refractivity contribution in [1.29, 1.82) is 0 Å². The normalized spacial score (nSPS) is 23.3. The van der Waals surface area contributed by atoms with Gasteiger partial charge in [-0.1, -0.05) is 22.0 Å². The van der Waals surface area contributed by atoms with Crippen LogP contribution in [0.15, 0.2) is 22.7 Å². The van der Waals surface area contributed by atoms with E-state index in [1.54, 1.807) is 0 Å². The zero-order chi connectivity index (χ0) is 8.77. The van der Waals surface area contributed by atoms with Crippen molar-refractivity contribution < 1.29 is 2.74 Å². The van der Waals surface area contributed by atoms with Crippen LogP contribution >= 0.6 is 15.9 Å². The van der Waals surface area contributed by atoms with Gasteiger partial charge in [0.1, 0.15) is 0 Å². The van der Waals surface area contributed by atoms with Crippen LogP contribution in [0, 0.1) is 0 Å². The van der Waals surface area contributed by atoms with Gasteiger partial charge in [-0.25, -0.2) is 0 Å². The highest BCUT2D eigenvalue weighted by atomic mass is 79.9. The first-order chi connectivity index (χ1) is 5.59. The molecule has 0 bridgehead atoms. The van der Waals surface area contributed by atoms with Crippen LogP contribution < -0.4 is 0 Å². The molecule has 1 aromatic carbocycles. The van der Waals surface area contributed by atoms with Crippen molar-refractivity contribution in [1.82, 2.24) is 0 Å². The SMILES string of the molecule is [2H]C1([2H])CCc2cc(Br)ccc21. The fraction of sp³-hybridized carbons (Fsp3) is 0.333. The van der Waals surface area contributed by atoms with Gasteiger partial charge in [0.15, 0.2) is 0 Å². The van der Waals surface area contributed by atoms with E-state index in [0.717, 1.165) is 22.0 Å². The number of rotatable bonds is 0. The Labute approximate surface area is 72.2 Å². The Kier molecular flexibility index (Phi) is 1.09. The molecular formula is C9H9Br. The summed E-state index contributed by atoms with van der Waals surface area (Å²) < 4.78 is 16.4. The highest BCUT2D eigenvalue weighted by Gasteiger charge is 2.09. The second-order valence-corrected chi connectivity index (χ2v) is 3.39. The number of benzene rings is 1. The molecule has 0 unspecified atom stereocenters. The highest BCUT2D eigenvalue weighted by Crippen LogP contribution is 2.24. The second-order valence-electron chi connectivity index (χ2n) is 2.48. The molecule has 0 atom stereocenters. The lowest BCUT2D eigenvalue weighted by Crippen LogP contribution is -1.79. The molecule has 0 aliphatic heterocycles. The zero-order valence-corrected chi connectivity index (χ0v) is 7.11. The summed E-state index contributed by atoms with van der Waals surface area (Å²) in [4.78, 5) is 0. The van der Waals surface area contributed by atoms with Crippen molar-refractivity contribution in [3.8, 4) is 0 Å². The van der Waals surface area contributed by atoms with Gasteiger partial charge in [-0.2, -0.15) is 0 Å². The maximum Gasteiger partial charge on any atom is 0.0316 e. The van der Waals surface area contributed by atoms with E-state index in [0.29, 0.717) is 6.42 Å². The molecule has 0 N–H and O–H groups in total. The summed E-state index contributed by atoms with van der Waals surface area (Å²) in [5, 5.41) is 0. The standard InChI is InChI=1S/C9H9Br/c10-9-5-4-7-2-1-3-8(7)6-9/h4-6H,1-3H2/i2D2. The maximum absolute atomic E-state index is 7.69. The van der Waals surface area contributed by atoms with Crippen LogP contribution in [-0.4, -0.2) is 0 Å². The Morgan fingerprint density at radius 1 is 1.40 bits per heavy atom. The first kappa shape index (κ1) is 4.55. The third-order valence-electron chi connectivity index (χ3n) is 1.78. The molecular weight excluding hydrogens is 188 g/mol. The third-order valence-corrected chi connectivity index (χ3v) is 2.27. The molecule has 0 saturated carbocycles. The van der Waals surface area contributed by atoms with Crippen LogP contribution in [0.5, 0.6) is 0 Å². The molecule has 0 amide bonds. The molecule has 52 valence electrons. The predicted molar refractivity (Wildman–Crippen MR) is 46.2 cm³/mol. The molecule has 0 spiro atoms. The van der Waals surface area contributed by atoms with Gasteiger partial charge in [0.05, 0.1) is 0 Å². The van der Waals surface area contributed by atoms with Crippen molar-refractivity contribution in [2.45, 2.75) is 19.2 Å². The van der Waals surface area contributed by atoms with Crippen molar-refractivity contribution in [2.24, 2.45) is 0 Å². The average Bonchev–Trinajstić information content (AvgIpc) is 2.27. The molecule has 1 aliphatic carbocycles. The van der Waals surface area contributed by atoms with Gasteiger partial charge in [-0.15, -0.1) is 0 Å². The topological polar surface area (TPSA) is 0 Å². The van der Waals surface area contributed by atoms with E-state index in [9.17, 15) is 0 Å². The number of aryl methyl sites for hydroxylation is 2. The molecule has 0 nitrogen and oxygen atoms in total. The Balaban J connectivity index is 2.55. The molecule has 0 saturated heterocycles. The Hall–Kier alpha value is -0.300. The van der Waals surface area contributed by atoms with Gasteiger partial charge >= 0.3 is 0 Å². The van der Waals surface area contributed by atoms with Gasteiger partial charge in [0, 0.05) is 7.21 Å². The van der Waals surface area contributed by atoms with Crippen LogP contribution in [0.25, 0.3) is 0 Å². The minimum Gasteiger partial charge on any atom is -0.0576 e. The Bertz CT molecular complexity index is 320. The average molecular weight is 199 g/mol. The van der Waals surface area contributed by atoms with Crippen molar-refractivity contribution in [3.63, 3.8) is 0 Å². The fourth-order valence-corrected chi connectivity index (χ4v) is 1.68. The van der Waals surface area contributed by atoms with E-state index in [2.05, 4.69) is 15.9 Å². The smallest absolute Gasteiger partial charge is 0.0316 e. The highest BCUT2D eigenvalue weighted by molar-refractivity contribution is 9.10. The minimum atomic E-state index is -1.10. The molecule has 1 aliphatic rings.